The Morgan fingerprint density at radius 2 is 1.82 bits per heavy atom. The molecule has 0 aromatic heterocycles. The van der Waals surface area contributed by atoms with E-state index in [1.807, 2.05) is 20.8 Å². The quantitative estimate of drug-likeness (QED) is 0.454. The number of hydrogen-bond acceptors (Lipinski definition) is 2. The van der Waals surface area contributed by atoms with Crippen molar-refractivity contribution in [3.8, 4) is 0 Å². The molecule has 0 fully saturated rings. The molecule has 0 aromatic carbocycles. The lowest BCUT2D eigenvalue weighted by Gasteiger charge is -2.19. The zero-order chi connectivity index (χ0) is 8.74. The molecule has 0 amide bonds. The van der Waals surface area contributed by atoms with Crippen LogP contribution in [-0.2, 0) is 9.47 Å². The minimum Gasteiger partial charge on any atom is -0.355 e. The molecular weight excluding hydrogens is 140 g/mol. The SMILES string of the molecule is CCCCOCOC(C)(C)C. The Morgan fingerprint density at radius 3 is 2.27 bits per heavy atom. The number of hydrogen-bond donors (Lipinski definition) is 0. The van der Waals surface area contributed by atoms with E-state index in [0.29, 0.717) is 6.79 Å². The molecule has 0 rings (SSSR count). The predicted molar refractivity (Wildman–Crippen MR) is 46.6 cm³/mol. The summed E-state index contributed by atoms with van der Waals surface area (Å²) >= 11 is 0. The van der Waals surface area contributed by atoms with Crippen molar-refractivity contribution in [1.82, 2.24) is 0 Å². The van der Waals surface area contributed by atoms with Gasteiger partial charge in [-0.3, -0.25) is 0 Å². The number of rotatable bonds is 5. The van der Waals surface area contributed by atoms with E-state index in [4.69, 9.17) is 9.47 Å². The minimum absolute atomic E-state index is 0.0772. The van der Waals surface area contributed by atoms with E-state index in [0.717, 1.165) is 13.0 Å². The molecule has 0 aliphatic heterocycles. The lowest BCUT2D eigenvalue weighted by atomic mass is 10.2. The van der Waals surface area contributed by atoms with Gasteiger partial charge in [0.05, 0.1) is 5.60 Å². The van der Waals surface area contributed by atoms with Gasteiger partial charge in [0.15, 0.2) is 0 Å². The topological polar surface area (TPSA) is 18.5 Å². The summed E-state index contributed by atoms with van der Waals surface area (Å²) in [6.45, 7) is 9.45. The smallest absolute Gasteiger partial charge is 0.147 e. The molecule has 0 N–H and O–H groups in total. The third-order valence-electron chi connectivity index (χ3n) is 1.22. The molecule has 11 heavy (non-hydrogen) atoms. The fraction of sp³-hybridized carbons (Fsp3) is 1.00. The minimum atomic E-state index is -0.0772. The van der Waals surface area contributed by atoms with Crippen LogP contribution in [0.4, 0.5) is 0 Å². The Labute approximate surface area is 69.9 Å². The van der Waals surface area contributed by atoms with Crippen molar-refractivity contribution in [2.45, 2.75) is 46.1 Å². The first kappa shape index (κ1) is 10.9. The van der Waals surface area contributed by atoms with Gasteiger partial charge in [0.2, 0.25) is 0 Å². The van der Waals surface area contributed by atoms with Gasteiger partial charge in [-0.1, -0.05) is 13.3 Å². The highest BCUT2D eigenvalue weighted by Crippen LogP contribution is 2.05. The Balaban J connectivity index is 3.02. The molecule has 0 aromatic rings. The lowest BCUT2D eigenvalue weighted by molar-refractivity contribution is -0.120. The summed E-state index contributed by atoms with van der Waals surface area (Å²) < 4.78 is 10.6. The Bertz CT molecular complexity index is 84.1. The van der Waals surface area contributed by atoms with Crippen LogP contribution in [0.25, 0.3) is 0 Å². The van der Waals surface area contributed by atoms with Gasteiger partial charge < -0.3 is 9.47 Å². The van der Waals surface area contributed by atoms with Crippen LogP contribution in [0.15, 0.2) is 0 Å². The van der Waals surface area contributed by atoms with Crippen molar-refractivity contribution in [2.75, 3.05) is 13.4 Å². The van der Waals surface area contributed by atoms with E-state index >= 15 is 0 Å². The molecule has 68 valence electrons. The number of unbranched alkanes of at least 4 members (excludes halogenated alkanes) is 1. The summed E-state index contributed by atoms with van der Waals surface area (Å²) in [6.07, 6.45) is 2.29. The van der Waals surface area contributed by atoms with E-state index in [1.54, 1.807) is 0 Å². The monoisotopic (exact) mass is 160 g/mol. The van der Waals surface area contributed by atoms with E-state index in [1.165, 1.54) is 6.42 Å². The summed E-state index contributed by atoms with van der Waals surface area (Å²) in [6, 6.07) is 0. The maximum absolute atomic E-state index is 5.35. The zero-order valence-electron chi connectivity index (χ0n) is 8.14. The maximum atomic E-state index is 5.35. The van der Waals surface area contributed by atoms with Crippen LogP contribution >= 0.6 is 0 Å². The van der Waals surface area contributed by atoms with Crippen LogP contribution in [0.2, 0.25) is 0 Å². The Morgan fingerprint density at radius 1 is 1.18 bits per heavy atom. The molecule has 0 unspecified atom stereocenters. The zero-order valence-corrected chi connectivity index (χ0v) is 8.14. The van der Waals surface area contributed by atoms with Crippen LogP contribution in [0.1, 0.15) is 40.5 Å². The highest BCUT2D eigenvalue weighted by molar-refractivity contribution is 4.56. The third kappa shape index (κ3) is 9.92. The summed E-state index contributed by atoms with van der Waals surface area (Å²) in [5.74, 6) is 0. The van der Waals surface area contributed by atoms with Crippen molar-refractivity contribution in [1.29, 1.82) is 0 Å². The van der Waals surface area contributed by atoms with Gasteiger partial charge in [-0.05, 0) is 27.2 Å². The van der Waals surface area contributed by atoms with Crippen LogP contribution in [0, 0.1) is 0 Å². The van der Waals surface area contributed by atoms with Crippen molar-refractivity contribution in [3.05, 3.63) is 0 Å². The number of ether oxygens (including phenoxy) is 2. The van der Waals surface area contributed by atoms with Crippen molar-refractivity contribution in [3.63, 3.8) is 0 Å². The normalized spacial score (nSPS) is 12.0. The van der Waals surface area contributed by atoms with Gasteiger partial charge in [-0.15, -0.1) is 0 Å². The van der Waals surface area contributed by atoms with E-state index in [2.05, 4.69) is 6.92 Å². The maximum Gasteiger partial charge on any atom is 0.147 e. The second-order valence-electron chi connectivity index (χ2n) is 3.64. The second kappa shape index (κ2) is 5.56. The molecule has 0 aliphatic rings. The second-order valence-corrected chi connectivity index (χ2v) is 3.64. The van der Waals surface area contributed by atoms with Gasteiger partial charge in [0.25, 0.3) is 0 Å². The molecule has 0 spiro atoms. The highest BCUT2D eigenvalue weighted by Gasteiger charge is 2.08. The molecule has 2 heteroatoms. The summed E-state index contributed by atoms with van der Waals surface area (Å²) in [5.41, 5.74) is -0.0772. The molecule has 0 saturated heterocycles. The van der Waals surface area contributed by atoms with Crippen LogP contribution in [0.3, 0.4) is 0 Å². The van der Waals surface area contributed by atoms with Crippen molar-refractivity contribution >= 4 is 0 Å². The fourth-order valence-corrected chi connectivity index (χ4v) is 0.524. The first-order chi connectivity index (χ1) is 5.06. The Hall–Kier alpha value is -0.0800. The summed E-state index contributed by atoms with van der Waals surface area (Å²) in [7, 11) is 0. The Kier molecular flexibility index (Phi) is 5.51. The molecule has 0 heterocycles. The molecule has 0 aliphatic carbocycles. The molecule has 0 saturated carbocycles. The summed E-state index contributed by atoms with van der Waals surface area (Å²) in [5, 5.41) is 0. The molecule has 0 radical (unpaired) electrons. The van der Waals surface area contributed by atoms with E-state index < -0.39 is 0 Å². The molecule has 0 bridgehead atoms. The van der Waals surface area contributed by atoms with Gasteiger partial charge in [-0.25, -0.2) is 0 Å². The van der Waals surface area contributed by atoms with Gasteiger partial charge in [0.1, 0.15) is 6.79 Å². The largest absolute Gasteiger partial charge is 0.355 e. The summed E-state index contributed by atoms with van der Waals surface area (Å²) in [4.78, 5) is 0. The van der Waals surface area contributed by atoms with Gasteiger partial charge in [0, 0.05) is 6.61 Å². The van der Waals surface area contributed by atoms with E-state index in [-0.39, 0.29) is 5.60 Å². The van der Waals surface area contributed by atoms with Crippen molar-refractivity contribution < 1.29 is 9.47 Å². The standard InChI is InChI=1S/C9H20O2/c1-5-6-7-10-8-11-9(2,3)4/h5-8H2,1-4H3. The molecular formula is C9H20O2. The molecule has 0 atom stereocenters. The van der Waals surface area contributed by atoms with Crippen molar-refractivity contribution in [2.24, 2.45) is 0 Å². The predicted octanol–water partition coefficient (Wildman–Crippen LogP) is 2.58. The lowest BCUT2D eigenvalue weighted by Crippen LogP contribution is -2.21. The van der Waals surface area contributed by atoms with Crippen LogP contribution in [-0.4, -0.2) is 19.0 Å². The van der Waals surface area contributed by atoms with E-state index in [9.17, 15) is 0 Å². The van der Waals surface area contributed by atoms with Gasteiger partial charge >= 0.3 is 0 Å². The first-order valence-electron chi connectivity index (χ1n) is 4.28. The third-order valence-corrected chi connectivity index (χ3v) is 1.22. The van der Waals surface area contributed by atoms with Gasteiger partial charge in [-0.2, -0.15) is 0 Å². The molecule has 2 nitrogen and oxygen atoms in total. The first-order valence-corrected chi connectivity index (χ1v) is 4.28. The average Bonchev–Trinajstić information content (AvgIpc) is 1.85. The van der Waals surface area contributed by atoms with Crippen LogP contribution < -0.4 is 0 Å². The van der Waals surface area contributed by atoms with Crippen LogP contribution in [0.5, 0.6) is 0 Å². The highest BCUT2D eigenvalue weighted by atomic mass is 16.7. The average molecular weight is 160 g/mol. The fourth-order valence-electron chi connectivity index (χ4n) is 0.524.